The van der Waals surface area contributed by atoms with Gasteiger partial charge >= 0.3 is 0 Å². The number of aromatic nitrogens is 1. The van der Waals surface area contributed by atoms with Gasteiger partial charge in [-0.15, -0.1) is 0 Å². The first-order chi connectivity index (χ1) is 14.0. The molecule has 3 rings (SSSR count). The molecule has 146 valence electrons. The number of pyridine rings is 1. The Morgan fingerprint density at radius 2 is 1.76 bits per heavy atom. The van der Waals surface area contributed by atoms with E-state index >= 15 is 0 Å². The van der Waals surface area contributed by atoms with E-state index in [2.05, 4.69) is 15.6 Å². The summed E-state index contributed by atoms with van der Waals surface area (Å²) in [6.07, 6.45) is 6.45. The van der Waals surface area contributed by atoms with Gasteiger partial charge < -0.3 is 16.4 Å². The summed E-state index contributed by atoms with van der Waals surface area (Å²) in [5, 5.41) is 5.42. The fraction of sp³-hybridized carbons (Fsp3) is 0.0455. The van der Waals surface area contributed by atoms with Crippen molar-refractivity contribution in [3.8, 4) is 0 Å². The molecule has 0 atom stereocenters. The summed E-state index contributed by atoms with van der Waals surface area (Å²) in [6.45, 7) is 0.326. The number of nitrogen functional groups attached to an aromatic ring is 1. The van der Waals surface area contributed by atoms with Crippen molar-refractivity contribution in [2.75, 3.05) is 11.1 Å². The Hall–Kier alpha value is -4.00. The van der Waals surface area contributed by atoms with Gasteiger partial charge in [0.1, 0.15) is 5.82 Å². The lowest BCUT2D eigenvalue weighted by molar-refractivity contribution is -0.116. The van der Waals surface area contributed by atoms with Gasteiger partial charge in [0.2, 0.25) is 5.91 Å². The van der Waals surface area contributed by atoms with Gasteiger partial charge in [-0.1, -0.05) is 12.1 Å². The highest BCUT2D eigenvalue weighted by Gasteiger charge is 2.09. The van der Waals surface area contributed by atoms with Crippen molar-refractivity contribution in [3.05, 3.63) is 95.6 Å². The van der Waals surface area contributed by atoms with Crippen LogP contribution in [-0.2, 0) is 11.3 Å². The predicted molar refractivity (Wildman–Crippen MR) is 110 cm³/mol. The van der Waals surface area contributed by atoms with Crippen LogP contribution in [0.4, 0.5) is 15.8 Å². The van der Waals surface area contributed by atoms with E-state index in [1.807, 2.05) is 0 Å². The Labute approximate surface area is 167 Å². The van der Waals surface area contributed by atoms with Crippen LogP contribution in [0, 0.1) is 5.82 Å². The SMILES string of the molecule is Nc1cc(F)ccc1NC(=O)c1ccc(CNC(=O)/C=C/c2ccncc2)cc1. The Kier molecular flexibility index (Phi) is 6.32. The summed E-state index contributed by atoms with van der Waals surface area (Å²) in [7, 11) is 0. The van der Waals surface area contributed by atoms with Crippen LogP contribution >= 0.6 is 0 Å². The van der Waals surface area contributed by atoms with Crippen LogP contribution in [0.25, 0.3) is 6.08 Å². The molecule has 4 N–H and O–H groups in total. The number of carbonyl (C=O) groups is 2. The van der Waals surface area contributed by atoms with Crippen molar-refractivity contribution in [1.82, 2.24) is 10.3 Å². The first-order valence-electron chi connectivity index (χ1n) is 8.82. The van der Waals surface area contributed by atoms with Crippen LogP contribution in [0.2, 0.25) is 0 Å². The molecular formula is C22H19FN4O2. The number of carbonyl (C=O) groups excluding carboxylic acids is 2. The topological polar surface area (TPSA) is 97.1 Å². The Bertz CT molecular complexity index is 1030. The van der Waals surface area contributed by atoms with Crippen molar-refractivity contribution in [2.45, 2.75) is 6.54 Å². The van der Waals surface area contributed by atoms with Crippen LogP contribution in [0.15, 0.2) is 73.1 Å². The highest BCUT2D eigenvalue weighted by molar-refractivity contribution is 6.05. The number of halogens is 1. The number of amides is 2. The monoisotopic (exact) mass is 390 g/mol. The van der Waals surface area contributed by atoms with E-state index in [4.69, 9.17) is 5.73 Å². The quantitative estimate of drug-likeness (QED) is 0.444. The van der Waals surface area contributed by atoms with Gasteiger partial charge in [0.25, 0.3) is 5.91 Å². The summed E-state index contributed by atoms with van der Waals surface area (Å²) >= 11 is 0. The average molecular weight is 390 g/mol. The molecule has 1 heterocycles. The molecular weight excluding hydrogens is 371 g/mol. The molecule has 29 heavy (non-hydrogen) atoms. The van der Waals surface area contributed by atoms with Crippen molar-refractivity contribution >= 4 is 29.3 Å². The number of nitrogens with zero attached hydrogens (tertiary/aromatic N) is 1. The Balaban J connectivity index is 1.53. The standard InChI is InChI=1S/C22H19FN4O2/c23-18-6-7-20(19(24)13-18)27-22(29)17-4-1-16(2-5-17)14-26-21(28)8-3-15-9-11-25-12-10-15/h1-13H,14,24H2,(H,26,28)(H,27,29)/b8-3+. The second-order valence-corrected chi connectivity index (χ2v) is 6.21. The highest BCUT2D eigenvalue weighted by Crippen LogP contribution is 2.20. The van der Waals surface area contributed by atoms with E-state index in [9.17, 15) is 14.0 Å². The molecule has 0 fully saturated rings. The number of benzene rings is 2. The molecule has 7 heteroatoms. The predicted octanol–water partition coefficient (Wildman–Crippen LogP) is 3.38. The third kappa shape index (κ3) is 5.74. The van der Waals surface area contributed by atoms with Crippen LogP contribution < -0.4 is 16.4 Å². The van der Waals surface area contributed by atoms with Crippen LogP contribution in [0.5, 0.6) is 0 Å². The van der Waals surface area contributed by atoms with Crippen molar-refractivity contribution in [1.29, 1.82) is 0 Å². The molecule has 2 amide bonds. The van der Waals surface area contributed by atoms with E-state index in [0.717, 1.165) is 17.2 Å². The minimum Gasteiger partial charge on any atom is -0.397 e. The molecule has 0 saturated heterocycles. The first kappa shape index (κ1) is 19.8. The van der Waals surface area contributed by atoms with Crippen molar-refractivity contribution in [2.24, 2.45) is 0 Å². The van der Waals surface area contributed by atoms with Gasteiger partial charge in [-0.2, -0.15) is 0 Å². The van der Waals surface area contributed by atoms with Gasteiger partial charge in [0.05, 0.1) is 11.4 Å². The molecule has 0 aliphatic rings. The van der Waals surface area contributed by atoms with Crippen molar-refractivity contribution in [3.63, 3.8) is 0 Å². The Morgan fingerprint density at radius 1 is 1.03 bits per heavy atom. The lowest BCUT2D eigenvalue weighted by Crippen LogP contribution is -2.20. The molecule has 6 nitrogen and oxygen atoms in total. The zero-order valence-electron chi connectivity index (χ0n) is 15.4. The van der Waals surface area contributed by atoms with E-state index in [1.165, 1.54) is 18.2 Å². The maximum Gasteiger partial charge on any atom is 0.255 e. The number of hydrogen-bond acceptors (Lipinski definition) is 4. The molecule has 1 aromatic heterocycles. The fourth-order valence-electron chi connectivity index (χ4n) is 2.51. The van der Waals surface area contributed by atoms with Crippen LogP contribution in [0.1, 0.15) is 21.5 Å². The third-order valence-electron chi connectivity index (χ3n) is 4.08. The Morgan fingerprint density at radius 3 is 2.45 bits per heavy atom. The maximum absolute atomic E-state index is 13.1. The third-order valence-corrected chi connectivity index (χ3v) is 4.08. The molecule has 0 radical (unpaired) electrons. The van der Waals surface area contributed by atoms with Crippen LogP contribution in [0.3, 0.4) is 0 Å². The normalized spacial score (nSPS) is 10.7. The second kappa shape index (κ2) is 9.27. The molecule has 0 saturated carbocycles. The summed E-state index contributed by atoms with van der Waals surface area (Å²) < 4.78 is 13.1. The first-order valence-corrected chi connectivity index (χ1v) is 8.82. The summed E-state index contributed by atoms with van der Waals surface area (Å²) in [5.41, 5.74) is 8.33. The van der Waals surface area contributed by atoms with E-state index < -0.39 is 5.82 Å². The van der Waals surface area contributed by atoms with Gasteiger partial charge in [-0.05, 0) is 59.7 Å². The van der Waals surface area contributed by atoms with Gasteiger partial charge in [-0.25, -0.2) is 4.39 Å². The zero-order chi connectivity index (χ0) is 20.6. The van der Waals surface area contributed by atoms with Gasteiger partial charge in [-0.3, -0.25) is 14.6 Å². The molecule has 0 aliphatic carbocycles. The van der Waals surface area contributed by atoms with Gasteiger partial charge in [0, 0.05) is 30.6 Å². The summed E-state index contributed by atoms with van der Waals surface area (Å²) in [4.78, 5) is 28.1. The number of rotatable bonds is 6. The largest absolute Gasteiger partial charge is 0.397 e. The number of nitrogens with one attached hydrogen (secondary N) is 2. The van der Waals surface area contributed by atoms with E-state index in [1.54, 1.807) is 54.9 Å². The molecule has 2 aromatic carbocycles. The molecule has 0 unspecified atom stereocenters. The molecule has 0 bridgehead atoms. The number of hydrogen-bond donors (Lipinski definition) is 3. The van der Waals surface area contributed by atoms with E-state index in [-0.39, 0.29) is 17.5 Å². The average Bonchev–Trinajstić information content (AvgIpc) is 2.74. The second-order valence-electron chi connectivity index (χ2n) is 6.21. The maximum atomic E-state index is 13.1. The zero-order valence-corrected chi connectivity index (χ0v) is 15.4. The van der Waals surface area contributed by atoms with Gasteiger partial charge in [0.15, 0.2) is 0 Å². The minimum absolute atomic E-state index is 0.150. The highest BCUT2D eigenvalue weighted by atomic mass is 19.1. The molecule has 0 aliphatic heterocycles. The number of anilines is 2. The summed E-state index contributed by atoms with van der Waals surface area (Å²) in [5.74, 6) is -1.06. The molecule has 0 spiro atoms. The lowest BCUT2D eigenvalue weighted by atomic mass is 10.1. The van der Waals surface area contributed by atoms with Crippen molar-refractivity contribution < 1.29 is 14.0 Å². The fourth-order valence-corrected chi connectivity index (χ4v) is 2.51. The van der Waals surface area contributed by atoms with Crippen LogP contribution in [-0.4, -0.2) is 16.8 Å². The smallest absolute Gasteiger partial charge is 0.255 e. The van der Waals surface area contributed by atoms with E-state index in [0.29, 0.717) is 17.8 Å². The number of nitrogens with two attached hydrogens (primary N) is 1. The molecule has 3 aromatic rings. The minimum atomic E-state index is -0.470. The lowest BCUT2D eigenvalue weighted by Gasteiger charge is -2.09. The summed E-state index contributed by atoms with van der Waals surface area (Å²) in [6, 6.07) is 14.1.